The molecule has 0 unspecified atom stereocenters. The van der Waals surface area contributed by atoms with Crippen LogP contribution < -0.4 is 10.5 Å². The van der Waals surface area contributed by atoms with Crippen LogP contribution >= 0.6 is 12.4 Å². The Morgan fingerprint density at radius 3 is 2.40 bits per heavy atom. The van der Waals surface area contributed by atoms with Gasteiger partial charge in [0.05, 0.1) is 5.75 Å². The van der Waals surface area contributed by atoms with Gasteiger partial charge in [-0.3, -0.25) is 0 Å². The van der Waals surface area contributed by atoms with Crippen molar-refractivity contribution in [2.24, 2.45) is 11.7 Å². The highest BCUT2D eigenvalue weighted by Gasteiger charge is 2.23. The molecule has 3 N–H and O–H groups in total. The summed E-state index contributed by atoms with van der Waals surface area (Å²) >= 11 is 0. The van der Waals surface area contributed by atoms with Crippen LogP contribution in [0.3, 0.4) is 0 Å². The first kappa shape index (κ1) is 15.2. The first-order valence-corrected chi connectivity index (χ1v) is 6.89. The fourth-order valence-corrected chi connectivity index (χ4v) is 3.65. The molecule has 0 bridgehead atoms. The average molecular weight is 257 g/mol. The van der Waals surface area contributed by atoms with E-state index < -0.39 is 10.0 Å². The van der Waals surface area contributed by atoms with E-state index in [0.717, 1.165) is 12.8 Å². The highest BCUT2D eigenvalue weighted by Crippen LogP contribution is 2.25. The van der Waals surface area contributed by atoms with Crippen LogP contribution in [0.5, 0.6) is 0 Å². The van der Waals surface area contributed by atoms with Crippen LogP contribution in [0.15, 0.2) is 0 Å². The Morgan fingerprint density at radius 1 is 1.40 bits per heavy atom. The zero-order valence-corrected chi connectivity index (χ0v) is 10.7. The third-order valence-corrected chi connectivity index (χ3v) is 4.34. The van der Waals surface area contributed by atoms with Gasteiger partial charge in [0.2, 0.25) is 10.0 Å². The molecule has 0 aromatic rings. The first-order chi connectivity index (χ1) is 6.53. The van der Waals surface area contributed by atoms with Crippen molar-refractivity contribution in [2.45, 2.75) is 38.6 Å². The summed E-state index contributed by atoms with van der Waals surface area (Å²) in [6, 6.07) is -0.151. The summed E-state index contributed by atoms with van der Waals surface area (Å²) in [5.74, 6) is 0.634. The van der Waals surface area contributed by atoms with Crippen molar-refractivity contribution < 1.29 is 8.42 Å². The van der Waals surface area contributed by atoms with Crippen LogP contribution in [0, 0.1) is 5.92 Å². The zero-order chi connectivity index (χ0) is 10.6. The average Bonchev–Trinajstić information content (AvgIpc) is 2.54. The van der Waals surface area contributed by atoms with E-state index in [1.54, 1.807) is 6.92 Å². The summed E-state index contributed by atoms with van der Waals surface area (Å²) in [4.78, 5) is 0. The van der Waals surface area contributed by atoms with Crippen molar-refractivity contribution in [3.05, 3.63) is 0 Å². The predicted octanol–water partition coefficient (Wildman–Crippen LogP) is 0.865. The molecule has 0 saturated heterocycles. The maximum atomic E-state index is 11.6. The fraction of sp³-hybridized carbons (Fsp3) is 1.00. The highest BCUT2D eigenvalue weighted by molar-refractivity contribution is 7.89. The number of sulfonamides is 1. The Morgan fingerprint density at radius 2 is 1.93 bits per heavy atom. The van der Waals surface area contributed by atoms with E-state index >= 15 is 0 Å². The molecule has 1 saturated carbocycles. The molecule has 0 heterocycles. The molecule has 1 rings (SSSR count). The molecule has 1 aliphatic carbocycles. The van der Waals surface area contributed by atoms with Crippen LogP contribution in [0.1, 0.15) is 32.6 Å². The van der Waals surface area contributed by atoms with Gasteiger partial charge < -0.3 is 5.73 Å². The summed E-state index contributed by atoms with van der Waals surface area (Å²) in [5.41, 5.74) is 5.36. The Balaban J connectivity index is 0.00000196. The van der Waals surface area contributed by atoms with E-state index in [1.807, 2.05) is 0 Å². The first-order valence-electron chi connectivity index (χ1n) is 5.23. The SMILES string of the molecule is C[C@H](CN)NS(=O)(=O)CC1CCCC1.Cl. The van der Waals surface area contributed by atoms with Crippen LogP contribution in [-0.4, -0.2) is 26.8 Å². The highest BCUT2D eigenvalue weighted by atomic mass is 35.5. The molecular weight excluding hydrogens is 236 g/mol. The Kier molecular flexibility index (Phi) is 6.75. The monoisotopic (exact) mass is 256 g/mol. The summed E-state index contributed by atoms with van der Waals surface area (Å²) in [6.45, 7) is 2.14. The van der Waals surface area contributed by atoms with Crippen molar-refractivity contribution in [3.63, 3.8) is 0 Å². The van der Waals surface area contributed by atoms with E-state index in [2.05, 4.69) is 4.72 Å². The molecule has 0 aliphatic heterocycles. The molecule has 0 aromatic carbocycles. The fourth-order valence-electron chi connectivity index (χ4n) is 1.89. The second kappa shape index (κ2) is 6.68. The lowest BCUT2D eigenvalue weighted by molar-refractivity contribution is 0.534. The van der Waals surface area contributed by atoms with E-state index in [0.29, 0.717) is 12.5 Å². The van der Waals surface area contributed by atoms with Gasteiger partial charge in [-0.1, -0.05) is 12.8 Å². The summed E-state index contributed by atoms with van der Waals surface area (Å²) in [6.07, 6.45) is 4.45. The third kappa shape index (κ3) is 5.70. The van der Waals surface area contributed by atoms with Gasteiger partial charge in [0.1, 0.15) is 0 Å². The summed E-state index contributed by atoms with van der Waals surface area (Å²) in [7, 11) is -3.11. The number of nitrogens with one attached hydrogen (secondary N) is 1. The number of hydrogen-bond acceptors (Lipinski definition) is 3. The molecule has 4 nitrogen and oxygen atoms in total. The summed E-state index contributed by atoms with van der Waals surface area (Å²) in [5, 5.41) is 0. The smallest absolute Gasteiger partial charge is 0.212 e. The molecule has 0 spiro atoms. The Labute approximate surface area is 98.5 Å². The molecule has 1 aliphatic rings. The number of hydrogen-bond donors (Lipinski definition) is 2. The van der Waals surface area contributed by atoms with Crippen LogP contribution in [0.25, 0.3) is 0 Å². The lowest BCUT2D eigenvalue weighted by Crippen LogP contribution is -2.40. The largest absolute Gasteiger partial charge is 0.329 e. The lowest BCUT2D eigenvalue weighted by Gasteiger charge is -2.14. The molecule has 6 heteroatoms. The molecule has 1 fully saturated rings. The normalized spacial score (nSPS) is 19.9. The second-order valence-electron chi connectivity index (χ2n) is 4.19. The molecule has 92 valence electrons. The topological polar surface area (TPSA) is 72.2 Å². The standard InChI is InChI=1S/C9H20N2O2S.ClH/c1-8(6-10)11-14(12,13)7-9-4-2-3-5-9;/h8-9,11H,2-7,10H2,1H3;1H/t8-;/m1./s1. The molecular formula is C9H21ClN2O2S. The van der Waals surface area contributed by atoms with Gasteiger partial charge in [0.25, 0.3) is 0 Å². The van der Waals surface area contributed by atoms with Gasteiger partial charge in [-0.05, 0) is 25.7 Å². The van der Waals surface area contributed by atoms with Gasteiger partial charge >= 0.3 is 0 Å². The molecule has 15 heavy (non-hydrogen) atoms. The quantitative estimate of drug-likeness (QED) is 0.767. The van der Waals surface area contributed by atoms with Gasteiger partial charge in [-0.15, -0.1) is 12.4 Å². The lowest BCUT2D eigenvalue weighted by atomic mass is 10.1. The minimum absolute atomic E-state index is 0. The zero-order valence-electron chi connectivity index (χ0n) is 9.11. The minimum atomic E-state index is -3.11. The maximum absolute atomic E-state index is 11.6. The van der Waals surface area contributed by atoms with E-state index in [-0.39, 0.29) is 24.2 Å². The van der Waals surface area contributed by atoms with Crippen LogP contribution in [0.4, 0.5) is 0 Å². The van der Waals surface area contributed by atoms with Gasteiger partial charge in [-0.2, -0.15) is 0 Å². The predicted molar refractivity (Wildman–Crippen MR) is 64.6 cm³/mol. The molecule has 1 atom stereocenters. The Bertz CT molecular complexity index is 263. The number of nitrogens with two attached hydrogens (primary N) is 1. The third-order valence-electron chi connectivity index (χ3n) is 2.66. The van der Waals surface area contributed by atoms with E-state index in [9.17, 15) is 8.42 Å². The van der Waals surface area contributed by atoms with Crippen molar-refractivity contribution in [1.82, 2.24) is 4.72 Å². The van der Waals surface area contributed by atoms with Crippen molar-refractivity contribution in [2.75, 3.05) is 12.3 Å². The Hall–Kier alpha value is 0.160. The number of halogens is 1. The van der Waals surface area contributed by atoms with Crippen molar-refractivity contribution in [3.8, 4) is 0 Å². The van der Waals surface area contributed by atoms with Crippen molar-refractivity contribution >= 4 is 22.4 Å². The van der Waals surface area contributed by atoms with E-state index in [1.165, 1.54) is 12.8 Å². The van der Waals surface area contributed by atoms with Crippen LogP contribution in [0.2, 0.25) is 0 Å². The minimum Gasteiger partial charge on any atom is -0.329 e. The van der Waals surface area contributed by atoms with Gasteiger partial charge in [0.15, 0.2) is 0 Å². The second-order valence-corrected chi connectivity index (χ2v) is 5.99. The molecule has 0 aromatic heterocycles. The molecule has 0 amide bonds. The molecule has 0 radical (unpaired) electrons. The maximum Gasteiger partial charge on any atom is 0.212 e. The van der Waals surface area contributed by atoms with Gasteiger partial charge in [-0.25, -0.2) is 13.1 Å². The van der Waals surface area contributed by atoms with Crippen molar-refractivity contribution in [1.29, 1.82) is 0 Å². The van der Waals surface area contributed by atoms with E-state index in [4.69, 9.17) is 5.73 Å². The van der Waals surface area contributed by atoms with Crippen LogP contribution in [-0.2, 0) is 10.0 Å². The summed E-state index contributed by atoms with van der Waals surface area (Å²) < 4.78 is 25.8. The van der Waals surface area contributed by atoms with Gasteiger partial charge in [0, 0.05) is 12.6 Å². The number of rotatable bonds is 5.